The standard InChI is InChI=1S/C23H17F3N4O2/c1-15-27-20(30-12-4-5-13-30)14-21(28-15)32-17-10-8-16(9-11-17)29-22(31)18-6-2-3-7-19(18)23(24,25)26/h2-14H,1H3,(H,29,31). The first-order valence-electron chi connectivity index (χ1n) is 9.54. The summed E-state index contributed by atoms with van der Waals surface area (Å²) in [6, 6.07) is 16.3. The Bertz CT molecular complexity index is 1240. The highest BCUT2D eigenvalue weighted by Gasteiger charge is 2.34. The van der Waals surface area contributed by atoms with Crippen molar-refractivity contribution in [2.45, 2.75) is 13.1 Å². The smallest absolute Gasteiger partial charge is 0.417 e. The van der Waals surface area contributed by atoms with Crippen LogP contribution in [-0.4, -0.2) is 20.4 Å². The second-order valence-corrected chi connectivity index (χ2v) is 6.83. The topological polar surface area (TPSA) is 69.0 Å². The van der Waals surface area contributed by atoms with Gasteiger partial charge >= 0.3 is 6.18 Å². The Balaban J connectivity index is 1.49. The van der Waals surface area contributed by atoms with Gasteiger partial charge in [-0.05, 0) is 55.5 Å². The maximum atomic E-state index is 13.1. The van der Waals surface area contributed by atoms with Crippen molar-refractivity contribution in [1.82, 2.24) is 14.5 Å². The van der Waals surface area contributed by atoms with Crippen molar-refractivity contribution in [1.29, 1.82) is 0 Å². The summed E-state index contributed by atoms with van der Waals surface area (Å²) in [5.41, 5.74) is -1.12. The molecular weight excluding hydrogens is 421 g/mol. The van der Waals surface area contributed by atoms with Crippen LogP contribution in [-0.2, 0) is 6.18 Å². The molecule has 0 unspecified atom stereocenters. The molecule has 0 fully saturated rings. The highest BCUT2D eigenvalue weighted by atomic mass is 19.4. The van der Waals surface area contributed by atoms with Crippen molar-refractivity contribution in [2.75, 3.05) is 5.32 Å². The first-order chi connectivity index (χ1) is 15.3. The number of benzene rings is 2. The van der Waals surface area contributed by atoms with Gasteiger partial charge in [-0.3, -0.25) is 4.79 Å². The van der Waals surface area contributed by atoms with Gasteiger partial charge in [-0.25, -0.2) is 4.98 Å². The van der Waals surface area contributed by atoms with Crippen molar-refractivity contribution in [3.63, 3.8) is 0 Å². The van der Waals surface area contributed by atoms with Crippen molar-refractivity contribution in [3.8, 4) is 17.4 Å². The number of halogens is 3. The van der Waals surface area contributed by atoms with Gasteiger partial charge in [-0.15, -0.1) is 0 Å². The maximum Gasteiger partial charge on any atom is 0.417 e. The summed E-state index contributed by atoms with van der Waals surface area (Å²) in [7, 11) is 0. The molecule has 1 N–H and O–H groups in total. The van der Waals surface area contributed by atoms with Crippen LogP contribution in [0.15, 0.2) is 79.1 Å². The molecule has 0 aliphatic carbocycles. The lowest BCUT2D eigenvalue weighted by Crippen LogP contribution is -2.18. The minimum Gasteiger partial charge on any atom is -0.439 e. The van der Waals surface area contributed by atoms with Crippen LogP contribution in [0.2, 0.25) is 0 Å². The molecule has 6 nitrogen and oxygen atoms in total. The molecule has 4 rings (SSSR count). The summed E-state index contributed by atoms with van der Waals surface area (Å²) in [6.45, 7) is 1.75. The predicted molar refractivity (Wildman–Crippen MR) is 112 cm³/mol. The molecule has 2 heterocycles. The number of rotatable bonds is 5. The van der Waals surface area contributed by atoms with E-state index in [0.717, 1.165) is 12.1 Å². The summed E-state index contributed by atoms with van der Waals surface area (Å²) < 4.78 is 47.0. The number of amides is 1. The third-order valence-corrected chi connectivity index (χ3v) is 4.48. The van der Waals surface area contributed by atoms with Gasteiger partial charge in [-0.1, -0.05) is 12.1 Å². The van der Waals surface area contributed by atoms with E-state index in [1.807, 2.05) is 29.1 Å². The highest BCUT2D eigenvalue weighted by molar-refractivity contribution is 6.05. The van der Waals surface area contributed by atoms with E-state index in [1.54, 1.807) is 25.1 Å². The van der Waals surface area contributed by atoms with E-state index in [4.69, 9.17) is 4.74 Å². The number of nitrogens with one attached hydrogen (secondary N) is 1. The fourth-order valence-electron chi connectivity index (χ4n) is 3.05. The Hall–Kier alpha value is -4.14. The molecule has 0 aliphatic heterocycles. The normalized spacial score (nSPS) is 11.2. The number of hydrogen-bond acceptors (Lipinski definition) is 4. The Morgan fingerprint density at radius 2 is 1.66 bits per heavy atom. The molecule has 0 saturated heterocycles. The van der Waals surface area contributed by atoms with Crippen molar-refractivity contribution >= 4 is 11.6 Å². The summed E-state index contributed by atoms with van der Waals surface area (Å²) in [5.74, 6) is 1.09. The molecular formula is C23H17F3N4O2. The SMILES string of the molecule is Cc1nc(Oc2ccc(NC(=O)c3ccccc3C(F)(F)F)cc2)cc(-n2cccc2)n1. The minimum atomic E-state index is -4.62. The van der Waals surface area contributed by atoms with Crippen LogP contribution >= 0.6 is 0 Å². The van der Waals surface area contributed by atoms with Crippen LogP contribution in [0.1, 0.15) is 21.7 Å². The Morgan fingerprint density at radius 3 is 2.34 bits per heavy atom. The highest BCUT2D eigenvalue weighted by Crippen LogP contribution is 2.32. The van der Waals surface area contributed by atoms with E-state index in [0.29, 0.717) is 29.0 Å². The van der Waals surface area contributed by atoms with E-state index in [2.05, 4.69) is 15.3 Å². The monoisotopic (exact) mass is 438 g/mol. The molecule has 0 aliphatic rings. The molecule has 0 atom stereocenters. The second kappa shape index (κ2) is 8.54. The summed E-state index contributed by atoms with van der Waals surface area (Å²) in [4.78, 5) is 21.0. The van der Waals surface area contributed by atoms with Gasteiger partial charge in [0.1, 0.15) is 17.4 Å². The fraction of sp³-hybridized carbons (Fsp3) is 0.0870. The molecule has 0 saturated carbocycles. The molecule has 1 amide bonds. The lowest BCUT2D eigenvalue weighted by molar-refractivity contribution is -0.137. The summed E-state index contributed by atoms with van der Waals surface area (Å²) >= 11 is 0. The van der Waals surface area contributed by atoms with Crippen LogP contribution in [0.5, 0.6) is 11.6 Å². The average molecular weight is 438 g/mol. The van der Waals surface area contributed by atoms with E-state index in [9.17, 15) is 18.0 Å². The second-order valence-electron chi connectivity index (χ2n) is 6.83. The number of aromatic nitrogens is 3. The van der Waals surface area contributed by atoms with Crippen LogP contribution in [0.25, 0.3) is 5.82 Å². The van der Waals surface area contributed by atoms with Gasteiger partial charge in [-0.2, -0.15) is 18.2 Å². The average Bonchev–Trinajstić information content (AvgIpc) is 3.29. The van der Waals surface area contributed by atoms with E-state index in [1.165, 1.54) is 24.3 Å². The Labute approximate surface area is 181 Å². The van der Waals surface area contributed by atoms with Crippen LogP contribution in [0, 0.1) is 6.92 Å². The van der Waals surface area contributed by atoms with Crippen molar-refractivity contribution in [2.24, 2.45) is 0 Å². The number of carbonyl (C=O) groups excluding carboxylic acids is 1. The zero-order chi connectivity index (χ0) is 22.7. The molecule has 2 aromatic carbocycles. The van der Waals surface area contributed by atoms with Crippen LogP contribution in [0.3, 0.4) is 0 Å². The van der Waals surface area contributed by atoms with Crippen molar-refractivity contribution < 1.29 is 22.7 Å². The predicted octanol–water partition coefficient (Wildman–Crippen LogP) is 5.64. The van der Waals surface area contributed by atoms with E-state index >= 15 is 0 Å². The number of carbonyl (C=O) groups is 1. The number of ether oxygens (including phenoxy) is 1. The summed E-state index contributed by atoms with van der Waals surface area (Å²) in [5, 5.41) is 2.48. The first kappa shape index (κ1) is 21.1. The lowest BCUT2D eigenvalue weighted by Gasteiger charge is -2.13. The minimum absolute atomic E-state index is 0.325. The quantitative estimate of drug-likeness (QED) is 0.438. The molecule has 32 heavy (non-hydrogen) atoms. The molecule has 0 radical (unpaired) electrons. The molecule has 2 aromatic heterocycles. The lowest BCUT2D eigenvalue weighted by atomic mass is 10.1. The van der Waals surface area contributed by atoms with Crippen LogP contribution in [0.4, 0.5) is 18.9 Å². The largest absolute Gasteiger partial charge is 0.439 e. The number of nitrogens with zero attached hydrogens (tertiary/aromatic N) is 3. The van der Waals surface area contributed by atoms with Gasteiger partial charge in [0.25, 0.3) is 5.91 Å². The molecule has 0 spiro atoms. The molecule has 162 valence electrons. The van der Waals surface area contributed by atoms with Gasteiger partial charge in [0, 0.05) is 24.1 Å². The number of hydrogen-bond donors (Lipinski definition) is 1. The van der Waals surface area contributed by atoms with Crippen molar-refractivity contribution in [3.05, 3.63) is 96.1 Å². The van der Waals surface area contributed by atoms with E-state index < -0.39 is 23.2 Å². The first-order valence-corrected chi connectivity index (χ1v) is 9.54. The molecule has 0 bridgehead atoms. The third-order valence-electron chi connectivity index (χ3n) is 4.48. The zero-order valence-electron chi connectivity index (χ0n) is 16.8. The fourth-order valence-corrected chi connectivity index (χ4v) is 3.05. The third kappa shape index (κ3) is 4.77. The summed E-state index contributed by atoms with van der Waals surface area (Å²) in [6.07, 6.45) is -0.930. The number of alkyl halides is 3. The van der Waals surface area contributed by atoms with Gasteiger partial charge in [0.2, 0.25) is 5.88 Å². The van der Waals surface area contributed by atoms with Gasteiger partial charge in [0.15, 0.2) is 0 Å². The van der Waals surface area contributed by atoms with E-state index in [-0.39, 0.29) is 0 Å². The van der Waals surface area contributed by atoms with Gasteiger partial charge in [0.05, 0.1) is 11.1 Å². The Morgan fingerprint density at radius 1 is 0.969 bits per heavy atom. The number of aryl methyl sites for hydroxylation is 1. The number of anilines is 1. The molecule has 9 heteroatoms. The zero-order valence-corrected chi connectivity index (χ0v) is 16.8. The van der Waals surface area contributed by atoms with Crippen LogP contribution < -0.4 is 10.1 Å². The van der Waals surface area contributed by atoms with Gasteiger partial charge < -0.3 is 14.6 Å². The molecule has 4 aromatic rings. The Kier molecular flexibility index (Phi) is 5.63. The maximum absolute atomic E-state index is 13.1.